The van der Waals surface area contributed by atoms with E-state index in [-0.39, 0.29) is 18.4 Å². The maximum atomic E-state index is 11.8. The molecule has 0 aliphatic rings. The van der Waals surface area contributed by atoms with Crippen LogP contribution in [0.1, 0.15) is 26.7 Å². The van der Waals surface area contributed by atoms with Gasteiger partial charge in [0.2, 0.25) is 0 Å². The number of nitrogens with one attached hydrogen (secondary N) is 2. The van der Waals surface area contributed by atoms with Gasteiger partial charge in [0.15, 0.2) is 0 Å². The van der Waals surface area contributed by atoms with Crippen molar-refractivity contribution in [2.24, 2.45) is 11.8 Å². The lowest BCUT2D eigenvalue weighted by Crippen LogP contribution is -2.34. The number of anilines is 1. The summed E-state index contributed by atoms with van der Waals surface area (Å²) in [6.07, 6.45) is 0.835. The van der Waals surface area contributed by atoms with E-state index in [9.17, 15) is 9.59 Å². The number of halogens is 1. The molecule has 0 aliphatic heterocycles. The third-order valence-electron chi connectivity index (χ3n) is 2.92. The van der Waals surface area contributed by atoms with Crippen molar-refractivity contribution in [3.05, 3.63) is 28.7 Å². The van der Waals surface area contributed by atoms with Gasteiger partial charge in [0.25, 0.3) is 0 Å². The zero-order valence-electron chi connectivity index (χ0n) is 12.2. The topological polar surface area (TPSA) is 78.4 Å². The van der Waals surface area contributed by atoms with Gasteiger partial charge in [-0.05, 0) is 42.5 Å². The van der Waals surface area contributed by atoms with Crippen molar-refractivity contribution in [3.8, 4) is 0 Å². The molecule has 5 nitrogen and oxygen atoms in total. The van der Waals surface area contributed by atoms with Gasteiger partial charge in [0, 0.05) is 23.1 Å². The van der Waals surface area contributed by atoms with E-state index in [0.717, 1.165) is 10.9 Å². The van der Waals surface area contributed by atoms with Crippen LogP contribution >= 0.6 is 15.9 Å². The smallest absolute Gasteiger partial charge is 0.319 e. The van der Waals surface area contributed by atoms with Crippen LogP contribution in [0.4, 0.5) is 10.5 Å². The number of benzene rings is 1. The molecule has 0 saturated carbocycles. The molecule has 2 amide bonds. The van der Waals surface area contributed by atoms with Crippen LogP contribution in [0.15, 0.2) is 28.7 Å². The first-order valence-electron chi connectivity index (χ1n) is 6.89. The predicted molar refractivity (Wildman–Crippen MR) is 86.4 cm³/mol. The van der Waals surface area contributed by atoms with E-state index < -0.39 is 5.97 Å². The Kier molecular flexibility index (Phi) is 7.22. The first-order chi connectivity index (χ1) is 9.86. The van der Waals surface area contributed by atoms with Crippen LogP contribution in [-0.2, 0) is 4.79 Å². The molecular weight excluding hydrogens is 336 g/mol. The molecule has 1 atom stereocenters. The van der Waals surface area contributed by atoms with Crippen molar-refractivity contribution < 1.29 is 14.7 Å². The van der Waals surface area contributed by atoms with Crippen molar-refractivity contribution in [2.75, 3.05) is 11.9 Å². The lowest BCUT2D eigenvalue weighted by atomic mass is 9.94. The van der Waals surface area contributed by atoms with E-state index in [1.807, 2.05) is 26.0 Å². The van der Waals surface area contributed by atoms with Crippen molar-refractivity contribution in [1.29, 1.82) is 0 Å². The molecule has 0 aliphatic carbocycles. The second-order valence-electron chi connectivity index (χ2n) is 5.44. The van der Waals surface area contributed by atoms with E-state index in [2.05, 4.69) is 26.6 Å². The van der Waals surface area contributed by atoms with Crippen molar-refractivity contribution >= 4 is 33.6 Å². The highest BCUT2D eigenvalue weighted by Gasteiger charge is 2.16. The first kappa shape index (κ1) is 17.5. The quantitative estimate of drug-likeness (QED) is 0.696. The molecule has 0 aromatic heterocycles. The average molecular weight is 357 g/mol. The number of carbonyl (C=O) groups excluding carboxylic acids is 1. The van der Waals surface area contributed by atoms with Gasteiger partial charge in [0.1, 0.15) is 0 Å². The summed E-state index contributed by atoms with van der Waals surface area (Å²) in [7, 11) is 0. The maximum absolute atomic E-state index is 11.8. The molecule has 21 heavy (non-hydrogen) atoms. The summed E-state index contributed by atoms with van der Waals surface area (Å²) in [4.78, 5) is 22.6. The fourth-order valence-electron chi connectivity index (χ4n) is 2.10. The Balaban J connectivity index is 2.44. The first-order valence-corrected chi connectivity index (χ1v) is 7.68. The zero-order chi connectivity index (χ0) is 15.8. The lowest BCUT2D eigenvalue weighted by molar-refractivity contribution is -0.138. The monoisotopic (exact) mass is 356 g/mol. The largest absolute Gasteiger partial charge is 0.481 e. The molecule has 0 saturated heterocycles. The van der Waals surface area contributed by atoms with Gasteiger partial charge >= 0.3 is 12.0 Å². The van der Waals surface area contributed by atoms with Crippen molar-refractivity contribution in [2.45, 2.75) is 26.7 Å². The minimum atomic E-state index is -0.837. The second-order valence-corrected chi connectivity index (χ2v) is 6.35. The van der Waals surface area contributed by atoms with Crippen molar-refractivity contribution in [1.82, 2.24) is 5.32 Å². The fourth-order valence-corrected chi connectivity index (χ4v) is 2.36. The SMILES string of the molecule is CC(C)CC(CNC(=O)Nc1ccc(Br)cc1)CC(=O)O. The summed E-state index contributed by atoms with van der Waals surface area (Å²) in [5.74, 6) is -0.500. The maximum Gasteiger partial charge on any atom is 0.319 e. The lowest BCUT2D eigenvalue weighted by Gasteiger charge is -2.18. The van der Waals surface area contributed by atoms with Crippen LogP contribution in [0.25, 0.3) is 0 Å². The molecule has 0 fully saturated rings. The van der Waals surface area contributed by atoms with E-state index >= 15 is 0 Å². The molecular formula is C15H21BrN2O3. The number of carboxylic acid groups (broad SMARTS) is 1. The minimum Gasteiger partial charge on any atom is -0.481 e. The Morgan fingerprint density at radius 2 is 1.86 bits per heavy atom. The summed E-state index contributed by atoms with van der Waals surface area (Å²) in [6, 6.07) is 6.92. The highest BCUT2D eigenvalue weighted by Crippen LogP contribution is 2.16. The molecule has 0 spiro atoms. The molecule has 116 valence electrons. The zero-order valence-corrected chi connectivity index (χ0v) is 13.8. The Bertz CT molecular complexity index is 474. The number of amides is 2. The second kappa shape index (κ2) is 8.67. The number of hydrogen-bond acceptors (Lipinski definition) is 2. The van der Waals surface area contributed by atoms with E-state index in [1.165, 1.54) is 0 Å². The standard InChI is InChI=1S/C15H21BrN2O3/c1-10(2)7-11(8-14(19)20)9-17-15(21)18-13-5-3-12(16)4-6-13/h3-6,10-11H,7-9H2,1-2H3,(H,19,20)(H2,17,18,21). The number of carboxylic acids is 1. The summed E-state index contributed by atoms with van der Waals surface area (Å²) < 4.78 is 0.937. The van der Waals surface area contributed by atoms with Crippen LogP contribution in [0.2, 0.25) is 0 Å². The number of hydrogen-bond donors (Lipinski definition) is 3. The Morgan fingerprint density at radius 1 is 1.24 bits per heavy atom. The minimum absolute atomic E-state index is 0.0573. The summed E-state index contributed by atoms with van der Waals surface area (Å²) in [5, 5.41) is 14.3. The van der Waals surface area contributed by atoms with Gasteiger partial charge in [-0.2, -0.15) is 0 Å². The van der Waals surface area contributed by atoms with Crippen LogP contribution in [0.3, 0.4) is 0 Å². The number of carbonyl (C=O) groups is 2. The van der Waals surface area contributed by atoms with Gasteiger partial charge in [-0.1, -0.05) is 29.8 Å². The van der Waals surface area contributed by atoms with E-state index in [0.29, 0.717) is 18.2 Å². The molecule has 0 radical (unpaired) electrons. The molecule has 6 heteroatoms. The number of rotatable bonds is 7. The normalized spacial score (nSPS) is 12.0. The van der Waals surface area contributed by atoms with Gasteiger partial charge in [-0.15, -0.1) is 0 Å². The Hall–Kier alpha value is -1.56. The highest BCUT2D eigenvalue weighted by molar-refractivity contribution is 9.10. The summed E-state index contributed by atoms with van der Waals surface area (Å²) in [6.45, 7) is 4.43. The molecule has 1 rings (SSSR count). The van der Waals surface area contributed by atoms with Crippen LogP contribution < -0.4 is 10.6 Å². The van der Waals surface area contributed by atoms with Crippen molar-refractivity contribution in [3.63, 3.8) is 0 Å². The Labute approximate surface area is 133 Å². The molecule has 1 unspecified atom stereocenters. The van der Waals surface area contributed by atoms with Crippen LogP contribution in [0.5, 0.6) is 0 Å². The molecule has 0 heterocycles. The van der Waals surface area contributed by atoms with Gasteiger partial charge in [-0.25, -0.2) is 4.79 Å². The Morgan fingerprint density at radius 3 is 2.38 bits per heavy atom. The van der Waals surface area contributed by atoms with E-state index in [1.54, 1.807) is 12.1 Å². The summed E-state index contributed by atoms with van der Waals surface area (Å²) in [5.41, 5.74) is 0.689. The highest BCUT2D eigenvalue weighted by atomic mass is 79.9. The van der Waals surface area contributed by atoms with Gasteiger partial charge < -0.3 is 15.7 Å². The van der Waals surface area contributed by atoms with Crippen LogP contribution in [-0.4, -0.2) is 23.7 Å². The third kappa shape index (κ3) is 7.70. The van der Waals surface area contributed by atoms with Gasteiger partial charge in [0.05, 0.1) is 0 Å². The average Bonchev–Trinajstić information content (AvgIpc) is 2.37. The molecule has 1 aromatic carbocycles. The molecule has 3 N–H and O–H groups in total. The number of urea groups is 1. The van der Waals surface area contributed by atoms with E-state index in [4.69, 9.17) is 5.11 Å². The van der Waals surface area contributed by atoms with Gasteiger partial charge in [-0.3, -0.25) is 4.79 Å². The fraction of sp³-hybridized carbons (Fsp3) is 0.467. The summed E-state index contributed by atoms with van der Waals surface area (Å²) >= 11 is 3.32. The predicted octanol–water partition coefficient (Wildman–Crippen LogP) is 3.71. The number of aliphatic carboxylic acids is 1. The molecule has 1 aromatic rings. The molecule has 0 bridgehead atoms. The van der Waals surface area contributed by atoms with Crippen LogP contribution in [0, 0.1) is 11.8 Å². The third-order valence-corrected chi connectivity index (χ3v) is 3.45.